The number of hydrogen-bond acceptors (Lipinski definition) is 2. The third-order valence-corrected chi connectivity index (χ3v) is 2.91. The van der Waals surface area contributed by atoms with Crippen LogP contribution in [0.4, 0.5) is 4.39 Å². The number of nitrogens with one attached hydrogen (secondary N) is 1. The molecule has 0 spiro atoms. The Morgan fingerprint density at radius 3 is 2.62 bits per heavy atom. The Hall–Kier alpha value is -0.150. The van der Waals surface area contributed by atoms with Gasteiger partial charge in [0, 0.05) is 6.54 Å². The van der Waals surface area contributed by atoms with Crippen molar-refractivity contribution >= 4 is 0 Å². The normalized spacial score (nSPS) is 20.8. The van der Waals surface area contributed by atoms with E-state index in [1.54, 1.807) is 0 Å². The molecular weight excluding hydrogens is 167 g/mol. The lowest BCUT2D eigenvalue weighted by atomic mass is 9.93. The molecule has 0 aromatic carbocycles. The molecule has 0 amide bonds. The van der Waals surface area contributed by atoms with Crippen molar-refractivity contribution in [1.82, 2.24) is 10.2 Å². The molecule has 0 aromatic heterocycles. The Balaban J connectivity index is 2.08. The highest BCUT2D eigenvalue weighted by molar-refractivity contribution is 4.72. The summed E-state index contributed by atoms with van der Waals surface area (Å²) in [5, 5.41) is 3.18. The van der Waals surface area contributed by atoms with Crippen molar-refractivity contribution in [3.05, 3.63) is 0 Å². The third-order valence-electron chi connectivity index (χ3n) is 2.91. The van der Waals surface area contributed by atoms with Crippen molar-refractivity contribution in [2.45, 2.75) is 19.3 Å². The van der Waals surface area contributed by atoms with Gasteiger partial charge in [0.25, 0.3) is 0 Å². The van der Waals surface area contributed by atoms with E-state index in [2.05, 4.69) is 10.2 Å². The average Bonchev–Trinajstić information content (AvgIpc) is 2.17. The summed E-state index contributed by atoms with van der Waals surface area (Å²) >= 11 is 0. The van der Waals surface area contributed by atoms with Gasteiger partial charge in [0.05, 0.1) is 0 Å². The van der Waals surface area contributed by atoms with Gasteiger partial charge in [-0.15, -0.1) is 0 Å². The van der Waals surface area contributed by atoms with Gasteiger partial charge >= 0.3 is 0 Å². The molecule has 0 radical (unpaired) electrons. The zero-order chi connectivity index (χ0) is 9.52. The number of halogens is 1. The van der Waals surface area contributed by atoms with Gasteiger partial charge in [-0.1, -0.05) is 0 Å². The Morgan fingerprint density at radius 2 is 2.08 bits per heavy atom. The highest BCUT2D eigenvalue weighted by Crippen LogP contribution is 2.19. The number of alkyl halides is 1. The number of hydrogen-bond donors (Lipinski definition) is 1. The van der Waals surface area contributed by atoms with Crippen LogP contribution >= 0.6 is 0 Å². The molecule has 13 heavy (non-hydrogen) atoms. The second kappa shape index (κ2) is 6.33. The van der Waals surface area contributed by atoms with Gasteiger partial charge in [0.15, 0.2) is 0 Å². The molecule has 0 saturated carbocycles. The van der Waals surface area contributed by atoms with Crippen LogP contribution in [0.5, 0.6) is 0 Å². The molecule has 78 valence electrons. The summed E-state index contributed by atoms with van der Waals surface area (Å²) < 4.78 is 12.0. The van der Waals surface area contributed by atoms with E-state index >= 15 is 0 Å². The van der Waals surface area contributed by atoms with Gasteiger partial charge in [-0.05, 0) is 51.9 Å². The van der Waals surface area contributed by atoms with E-state index in [0.29, 0.717) is 6.54 Å². The smallest absolute Gasteiger partial charge is 0.102 e. The summed E-state index contributed by atoms with van der Waals surface area (Å²) in [4.78, 5) is 2.23. The molecule has 0 aromatic rings. The average molecular weight is 188 g/mol. The van der Waals surface area contributed by atoms with Gasteiger partial charge in [-0.25, -0.2) is 4.39 Å². The van der Waals surface area contributed by atoms with Crippen molar-refractivity contribution < 1.29 is 4.39 Å². The molecule has 1 rings (SSSR count). The molecule has 1 heterocycles. The van der Waals surface area contributed by atoms with Crippen molar-refractivity contribution in [2.24, 2.45) is 5.92 Å². The SMILES string of the molecule is CNCCC1CCN(CCF)CC1. The highest BCUT2D eigenvalue weighted by atomic mass is 19.1. The largest absolute Gasteiger partial charge is 0.320 e. The van der Waals surface area contributed by atoms with E-state index in [9.17, 15) is 4.39 Å². The topological polar surface area (TPSA) is 15.3 Å². The number of nitrogens with zero attached hydrogens (tertiary/aromatic N) is 1. The van der Waals surface area contributed by atoms with Crippen LogP contribution in [0.1, 0.15) is 19.3 Å². The lowest BCUT2D eigenvalue weighted by molar-refractivity contribution is 0.168. The molecule has 0 unspecified atom stereocenters. The van der Waals surface area contributed by atoms with E-state index in [1.807, 2.05) is 7.05 Å². The molecule has 1 aliphatic heterocycles. The third kappa shape index (κ3) is 4.05. The minimum absolute atomic E-state index is 0.193. The fraction of sp³-hybridized carbons (Fsp3) is 1.00. The molecule has 0 aliphatic carbocycles. The molecular formula is C10H21FN2. The summed E-state index contributed by atoms with van der Waals surface area (Å²) in [5.41, 5.74) is 0. The maximum absolute atomic E-state index is 12.0. The zero-order valence-corrected chi connectivity index (χ0v) is 8.56. The van der Waals surface area contributed by atoms with Gasteiger partial charge in [-0.3, -0.25) is 0 Å². The van der Waals surface area contributed by atoms with Crippen molar-refractivity contribution in [3.8, 4) is 0 Å². The van der Waals surface area contributed by atoms with E-state index in [0.717, 1.165) is 25.6 Å². The standard InChI is InChI=1S/C10H21FN2/c1-12-6-2-10-3-7-13(8-4-10)9-5-11/h10,12H,2-9H2,1H3. The summed E-state index contributed by atoms with van der Waals surface area (Å²) in [6, 6.07) is 0. The van der Waals surface area contributed by atoms with Crippen LogP contribution in [0, 0.1) is 5.92 Å². The predicted octanol–water partition coefficient (Wildman–Crippen LogP) is 1.28. The summed E-state index contributed by atoms with van der Waals surface area (Å²) in [7, 11) is 2.00. The maximum Gasteiger partial charge on any atom is 0.102 e. The van der Waals surface area contributed by atoms with E-state index in [4.69, 9.17) is 0 Å². The van der Waals surface area contributed by atoms with Gasteiger partial charge < -0.3 is 10.2 Å². The monoisotopic (exact) mass is 188 g/mol. The molecule has 1 aliphatic rings. The molecule has 0 atom stereocenters. The van der Waals surface area contributed by atoms with Crippen LogP contribution in [0.2, 0.25) is 0 Å². The van der Waals surface area contributed by atoms with Crippen LogP contribution in [0.25, 0.3) is 0 Å². The zero-order valence-electron chi connectivity index (χ0n) is 8.56. The molecule has 3 heteroatoms. The van der Waals surface area contributed by atoms with Crippen LogP contribution in [0.15, 0.2) is 0 Å². The minimum atomic E-state index is -0.193. The van der Waals surface area contributed by atoms with Crippen LogP contribution in [-0.2, 0) is 0 Å². The summed E-state index contributed by atoms with van der Waals surface area (Å²) in [6.45, 7) is 3.75. The molecule has 2 nitrogen and oxygen atoms in total. The van der Waals surface area contributed by atoms with Gasteiger partial charge in [0.1, 0.15) is 6.67 Å². The number of rotatable bonds is 5. The highest BCUT2D eigenvalue weighted by Gasteiger charge is 2.17. The Bertz CT molecular complexity index is 122. The fourth-order valence-electron chi connectivity index (χ4n) is 1.97. The summed E-state index contributed by atoms with van der Waals surface area (Å²) in [6.07, 6.45) is 3.78. The molecule has 1 N–H and O–H groups in total. The first-order valence-corrected chi connectivity index (χ1v) is 5.29. The van der Waals surface area contributed by atoms with Crippen LogP contribution in [0.3, 0.4) is 0 Å². The van der Waals surface area contributed by atoms with E-state index in [1.165, 1.54) is 19.3 Å². The molecule has 0 bridgehead atoms. The first-order chi connectivity index (χ1) is 6.36. The Labute approximate surface area is 80.5 Å². The summed E-state index contributed by atoms with van der Waals surface area (Å²) in [5.74, 6) is 0.864. The van der Waals surface area contributed by atoms with Crippen LogP contribution < -0.4 is 5.32 Å². The second-order valence-corrected chi connectivity index (χ2v) is 3.87. The van der Waals surface area contributed by atoms with Crippen molar-refractivity contribution in [1.29, 1.82) is 0 Å². The van der Waals surface area contributed by atoms with Gasteiger partial charge in [-0.2, -0.15) is 0 Å². The fourth-order valence-corrected chi connectivity index (χ4v) is 1.97. The second-order valence-electron chi connectivity index (χ2n) is 3.87. The minimum Gasteiger partial charge on any atom is -0.320 e. The first kappa shape index (κ1) is 10.9. The Morgan fingerprint density at radius 1 is 1.38 bits per heavy atom. The molecule has 1 fully saturated rings. The Kier molecular flexibility index (Phi) is 5.32. The first-order valence-electron chi connectivity index (χ1n) is 5.29. The predicted molar refractivity (Wildman–Crippen MR) is 53.7 cm³/mol. The van der Waals surface area contributed by atoms with Crippen molar-refractivity contribution in [2.75, 3.05) is 39.9 Å². The van der Waals surface area contributed by atoms with E-state index < -0.39 is 0 Å². The van der Waals surface area contributed by atoms with Crippen molar-refractivity contribution in [3.63, 3.8) is 0 Å². The molecule has 1 saturated heterocycles. The van der Waals surface area contributed by atoms with Crippen LogP contribution in [-0.4, -0.2) is 44.8 Å². The van der Waals surface area contributed by atoms with E-state index in [-0.39, 0.29) is 6.67 Å². The lowest BCUT2D eigenvalue weighted by Crippen LogP contribution is -2.35. The number of likely N-dealkylation sites (tertiary alicyclic amines) is 1. The number of piperidine rings is 1. The lowest BCUT2D eigenvalue weighted by Gasteiger charge is -2.31. The maximum atomic E-state index is 12.0. The van der Waals surface area contributed by atoms with Gasteiger partial charge in [0.2, 0.25) is 0 Å². The quantitative estimate of drug-likeness (QED) is 0.699.